The van der Waals surface area contributed by atoms with Crippen LogP contribution in [0.4, 0.5) is 0 Å². The summed E-state index contributed by atoms with van der Waals surface area (Å²) >= 11 is 0. The molecule has 1 rings (SSSR count). The molecule has 0 aromatic rings. The Morgan fingerprint density at radius 2 is 1.81 bits per heavy atom. The summed E-state index contributed by atoms with van der Waals surface area (Å²) in [5, 5.41) is 9.09. The number of carbonyl (C=O) groups is 1. The highest BCUT2D eigenvalue weighted by molar-refractivity contribution is 6.74. The number of hydrogen-bond acceptors (Lipinski definition) is 4. The van der Waals surface area contributed by atoms with Crippen LogP contribution >= 0.6 is 0 Å². The van der Waals surface area contributed by atoms with Crippen LogP contribution in [0, 0.1) is 0 Å². The van der Waals surface area contributed by atoms with E-state index in [1.165, 1.54) is 0 Å². The second-order valence-corrected chi connectivity index (χ2v) is 12.6. The van der Waals surface area contributed by atoms with Gasteiger partial charge in [0.05, 0.1) is 25.2 Å². The lowest BCUT2D eigenvalue weighted by Crippen LogP contribution is -2.49. The monoisotopic (exact) mass is 318 g/mol. The summed E-state index contributed by atoms with van der Waals surface area (Å²) in [6.07, 6.45) is 0.125. The Morgan fingerprint density at radius 1 is 1.29 bits per heavy atom. The van der Waals surface area contributed by atoms with Crippen LogP contribution in [0.5, 0.6) is 0 Å². The second kappa shape index (κ2) is 6.36. The quantitative estimate of drug-likeness (QED) is 0.787. The van der Waals surface area contributed by atoms with E-state index in [1.54, 1.807) is 0 Å². The van der Waals surface area contributed by atoms with Crippen LogP contribution in [0.3, 0.4) is 0 Å². The Hall–Kier alpha value is -0.433. The smallest absolute Gasteiger partial charge is 0.305 e. The Morgan fingerprint density at radius 3 is 2.29 bits per heavy atom. The molecule has 21 heavy (non-hydrogen) atoms. The van der Waals surface area contributed by atoms with E-state index >= 15 is 0 Å². The van der Waals surface area contributed by atoms with Crippen molar-refractivity contribution in [3.8, 4) is 0 Å². The van der Waals surface area contributed by atoms with Gasteiger partial charge >= 0.3 is 5.97 Å². The molecule has 1 aliphatic heterocycles. The lowest BCUT2D eigenvalue weighted by molar-refractivity contribution is -0.303. The zero-order valence-corrected chi connectivity index (χ0v) is 15.4. The normalized spacial score (nSPS) is 26.6. The van der Waals surface area contributed by atoms with E-state index < -0.39 is 20.1 Å². The second-order valence-electron chi connectivity index (χ2n) is 7.78. The molecule has 1 heterocycles. The molecular formula is C15H30O5Si. The van der Waals surface area contributed by atoms with Gasteiger partial charge in [-0.15, -0.1) is 0 Å². The molecule has 0 aliphatic carbocycles. The number of hydrogen-bond donors (Lipinski definition) is 1. The molecule has 2 atom stereocenters. The third-order valence-corrected chi connectivity index (χ3v) is 8.77. The van der Waals surface area contributed by atoms with Gasteiger partial charge in [-0.05, 0) is 32.0 Å². The van der Waals surface area contributed by atoms with Crippen LogP contribution in [0.15, 0.2) is 0 Å². The highest BCUT2D eigenvalue weighted by atomic mass is 28.4. The average Bonchev–Trinajstić information content (AvgIpc) is 2.21. The summed E-state index contributed by atoms with van der Waals surface area (Å²) in [7, 11) is -1.83. The number of carboxylic acids is 1. The fourth-order valence-electron chi connectivity index (χ4n) is 2.16. The van der Waals surface area contributed by atoms with Crippen molar-refractivity contribution in [1.29, 1.82) is 0 Å². The highest BCUT2D eigenvalue weighted by Crippen LogP contribution is 2.37. The van der Waals surface area contributed by atoms with Gasteiger partial charge in [0, 0.05) is 6.42 Å². The molecular weight excluding hydrogens is 288 g/mol. The maximum Gasteiger partial charge on any atom is 0.305 e. The van der Waals surface area contributed by atoms with Gasteiger partial charge in [0.15, 0.2) is 14.1 Å². The van der Waals surface area contributed by atoms with E-state index in [9.17, 15) is 4.79 Å². The summed E-state index contributed by atoms with van der Waals surface area (Å²) in [6, 6.07) is 0. The van der Waals surface area contributed by atoms with E-state index in [4.69, 9.17) is 19.0 Å². The molecule has 0 aromatic carbocycles. The maximum absolute atomic E-state index is 10.9. The molecule has 0 bridgehead atoms. The van der Waals surface area contributed by atoms with E-state index in [0.717, 1.165) is 0 Å². The van der Waals surface area contributed by atoms with Gasteiger partial charge in [0.25, 0.3) is 0 Å². The van der Waals surface area contributed by atoms with Gasteiger partial charge in [0.1, 0.15) is 0 Å². The molecule has 0 radical (unpaired) electrons. The number of rotatable bonds is 5. The third kappa shape index (κ3) is 5.69. The van der Waals surface area contributed by atoms with Crippen molar-refractivity contribution in [1.82, 2.24) is 0 Å². The first-order valence-corrected chi connectivity index (χ1v) is 10.4. The topological polar surface area (TPSA) is 65.0 Å². The zero-order chi connectivity index (χ0) is 16.5. The minimum absolute atomic E-state index is 0.00336. The van der Waals surface area contributed by atoms with E-state index in [1.807, 2.05) is 13.8 Å². The fourth-order valence-corrected chi connectivity index (χ4v) is 3.20. The Bertz CT molecular complexity index is 373. The Labute approximate surface area is 129 Å². The number of carboxylic acid groups (broad SMARTS) is 1. The van der Waals surface area contributed by atoms with Gasteiger partial charge in [-0.1, -0.05) is 20.8 Å². The lowest BCUT2D eigenvalue weighted by atomic mass is 10.1. The summed E-state index contributed by atoms with van der Waals surface area (Å²) in [5.74, 6) is -1.61. The van der Waals surface area contributed by atoms with Crippen molar-refractivity contribution < 1.29 is 23.8 Å². The summed E-state index contributed by atoms with van der Waals surface area (Å²) in [6.45, 7) is 15.1. The molecule has 1 saturated heterocycles. The maximum atomic E-state index is 10.9. The van der Waals surface area contributed by atoms with Crippen LogP contribution in [0.2, 0.25) is 18.1 Å². The van der Waals surface area contributed by atoms with Crippen LogP contribution in [0.25, 0.3) is 0 Å². The van der Waals surface area contributed by atoms with E-state index in [2.05, 4.69) is 33.9 Å². The molecule has 0 saturated carbocycles. The molecule has 1 aliphatic rings. The van der Waals surface area contributed by atoms with E-state index in [-0.39, 0.29) is 23.7 Å². The predicted molar refractivity (Wildman–Crippen MR) is 83.8 cm³/mol. The molecule has 124 valence electrons. The van der Waals surface area contributed by atoms with Crippen molar-refractivity contribution in [3.05, 3.63) is 0 Å². The van der Waals surface area contributed by atoms with Gasteiger partial charge in [-0.2, -0.15) is 0 Å². The standard InChI is InChI=1S/C15H30O5Si/c1-14(2,3)21(6,7)18-10-12-8-11(9-13(16)17)19-15(4,5)20-12/h11-12H,8-10H2,1-7H3,(H,16,17)/t11-,12+/m1/s1. The molecule has 1 fully saturated rings. The summed E-state index contributed by atoms with van der Waals surface area (Å²) < 4.78 is 17.7. The Kier molecular flexibility index (Phi) is 5.64. The highest BCUT2D eigenvalue weighted by Gasteiger charge is 2.40. The van der Waals surface area contributed by atoms with Gasteiger partial charge in [-0.25, -0.2) is 0 Å². The van der Waals surface area contributed by atoms with Crippen LogP contribution in [0.1, 0.15) is 47.5 Å². The zero-order valence-electron chi connectivity index (χ0n) is 14.4. The first-order valence-electron chi connectivity index (χ1n) is 7.54. The average molecular weight is 318 g/mol. The van der Waals surface area contributed by atoms with Crippen molar-refractivity contribution in [2.75, 3.05) is 6.61 Å². The van der Waals surface area contributed by atoms with Gasteiger partial charge < -0.3 is 19.0 Å². The van der Waals surface area contributed by atoms with Crippen LogP contribution < -0.4 is 0 Å². The van der Waals surface area contributed by atoms with Gasteiger partial charge in [-0.3, -0.25) is 4.79 Å². The molecule has 0 unspecified atom stereocenters. The molecule has 6 heteroatoms. The molecule has 0 spiro atoms. The third-order valence-electron chi connectivity index (χ3n) is 4.27. The molecule has 0 aromatic heterocycles. The van der Waals surface area contributed by atoms with Crippen LogP contribution in [-0.4, -0.2) is 44.0 Å². The van der Waals surface area contributed by atoms with Crippen molar-refractivity contribution in [2.45, 2.75) is 83.6 Å². The molecule has 0 amide bonds. The number of aliphatic carboxylic acids is 1. The van der Waals surface area contributed by atoms with Crippen molar-refractivity contribution in [3.63, 3.8) is 0 Å². The van der Waals surface area contributed by atoms with Crippen LogP contribution in [-0.2, 0) is 18.7 Å². The minimum Gasteiger partial charge on any atom is -0.481 e. The van der Waals surface area contributed by atoms with E-state index in [0.29, 0.717) is 13.0 Å². The SMILES string of the molecule is CC1(C)O[C@H](CO[Si](C)(C)C(C)(C)C)C[C@H](CC(=O)O)O1. The largest absolute Gasteiger partial charge is 0.481 e. The minimum atomic E-state index is -1.83. The molecule has 1 N–H and O–H groups in total. The summed E-state index contributed by atoms with van der Waals surface area (Å²) in [5.41, 5.74) is 0. The van der Waals surface area contributed by atoms with Crippen molar-refractivity contribution >= 4 is 14.3 Å². The summed E-state index contributed by atoms with van der Waals surface area (Å²) in [4.78, 5) is 10.9. The molecule has 5 nitrogen and oxygen atoms in total. The predicted octanol–water partition coefficient (Wildman–Crippen LogP) is 3.39. The van der Waals surface area contributed by atoms with Crippen molar-refractivity contribution in [2.24, 2.45) is 0 Å². The number of ether oxygens (including phenoxy) is 2. The first kappa shape index (κ1) is 18.6. The lowest BCUT2D eigenvalue weighted by Gasteiger charge is -2.42. The van der Waals surface area contributed by atoms with Gasteiger partial charge in [0.2, 0.25) is 0 Å². The fraction of sp³-hybridized carbons (Fsp3) is 0.933. The first-order chi connectivity index (χ1) is 9.32. The Balaban J connectivity index is 2.64.